The number of thiophene rings is 1. The molecule has 2 aromatic heterocycles. The van der Waals surface area contributed by atoms with Crippen molar-refractivity contribution in [2.75, 3.05) is 31.6 Å². The maximum absolute atomic E-state index is 12.1. The summed E-state index contributed by atoms with van der Waals surface area (Å²) in [5, 5.41) is 8.23. The third-order valence-electron chi connectivity index (χ3n) is 6.37. The predicted molar refractivity (Wildman–Crippen MR) is 157 cm³/mol. The van der Waals surface area contributed by atoms with Crippen LogP contribution >= 0.6 is 11.3 Å². The summed E-state index contributed by atoms with van der Waals surface area (Å²) in [7, 11) is 0. The molecule has 1 saturated heterocycles. The molecule has 2 aromatic carbocycles. The van der Waals surface area contributed by atoms with Crippen molar-refractivity contribution in [1.29, 1.82) is 0 Å². The summed E-state index contributed by atoms with van der Waals surface area (Å²) in [6, 6.07) is 16.0. The highest BCUT2D eigenvalue weighted by atomic mass is 32.1. The van der Waals surface area contributed by atoms with Gasteiger partial charge in [-0.3, -0.25) is 4.90 Å². The first kappa shape index (κ1) is 26.9. The molecule has 4 aromatic rings. The molecule has 0 atom stereocenters. The van der Waals surface area contributed by atoms with Crippen LogP contribution in [-0.2, 0) is 11.3 Å². The van der Waals surface area contributed by atoms with Crippen molar-refractivity contribution >= 4 is 39.3 Å². The van der Waals surface area contributed by atoms with E-state index in [2.05, 4.69) is 38.0 Å². The summed E-state index contributed by atoms with van der Waals surface area (Å²) in [6.07, 6.45) is 4.00. The van der Waals surface area contributed by atoms with E-state index in [1.807, 2.05) is 63.4 Å². The number of ether oxygens (including phenoxy) is 2. The standard InChI is InChI=1S/C30H35N5O3S/c1-30(2,3)38-29(36)32-18-21-7-6-8-22(17-21)25-20-39-26-19-31-28(34-27(25)26)33-23-9-11-24(12-10-23)37-16-15-35-13-4-5-14-35/h6-12,17,19-20H,4-5,13-16,18H2,1-3H3,(H,32,36)(H,31,33,34). The van der Waals surface area contributed by atoms with Gasteiger partial charge in [0, 0.05) is 29.7 Å². The number of aromatic nitrogens is 2. The fraction of sp³-hybridized carbons (Fsp3) is 0.367. The van der Waals surface area contributed by atoms with Gasteiger partial charge in [0.05, 0.1) is 16.4 Å². The maximum atomic E-state index is 12.1. The van der Waals surface area contributed by atoms with Crippen LogP contribution in [0.1, 0.15) is 39.2 Å². The molecule has 9 heteroatoms. The Kier molecular flexibility index (Phi) is 8.28. The van der Waals surface area contributed by atoms with Crippen LogP contribution < -0.4 is 15.4 Å². The molecule has 1 fully saturated rings. The van der Waals surface area contributed by atoms with Crippen molar-refractivity contribution in [2.24, 2.45) is 0 Å². The van der Waals surface area contributed by atoms with Crippen molar-refractivity contribution in [2.45, 2.75) is 45.8 Å². The van der Waals surface area contributed by atoms with Crippen molar-refractivity contribution in [1.82, 2.24) is 20.2 Å². The molecule has 204 valence electrons. The van der Waals surface area contributed by atoms with Gasteiger partial charge in [-0.15, -0.1) is 11.3 Å². The summed E-state index contributed by atoms with van der Waals surface area (Å²) in [5.74, 6) is 1.39. The normalized spacial score (nSPS) is 13.9. The molecule has 0 bridgehead atoms. The summed E-state index contributed by atoms with van der Waals surface area (Å²) < 4.78 is 12.3. The van der Waals surface area contributed by atoms with E-state index in [1.165, 1.54) is 25.9 Å². The highest BCUT2D eigenvalue weighted by Gasteiger charge is 2.16. The van der Waals surface area contributed by atoms with Crippen LogP contribution in [0.2, 0.25) is 0 Å². The molecule has 2 N–H and O–H groups in total. The van der Waals surface area contributed by atoms with Crippen molar-refractivity contribution in [3.63, 3.8) is 0 Å². The lowest BCUT2D eigenvalue weighted by molar-refractivity contribution is 0.0523. The van der Waals surface area contributed by atoms with Gasteiger partial charge in [-0.05, 0) is 88.2 Å². The molecule has 1 aliphatic heterocycles. The van der Waals surface area contributed by atoms with E-state index in [0.717, 1.165) is 44.9 Å². The number of amides is 1. The lowest BCUT2D eigenvalue weighted by Crippen LogP contribution is -2.32. The Hall–Kier alpha value is -3.69. The van der Waals surface area contributed by atoms with Crippen molar-refractivity contribution < 1.29 is 14.3 Å². The zero-order valence-electron chi connectivity index (χ0n) is 22.7. The SMILES string of the molecule is CC(C)(C)OC(=O)NCc1cccc(-c2csc3cnc(Nc4ccc(OCCN5CCCC5)cc4)nc23)c1. The molecular formula is C30H35N5O3S. The minimum Gasteiger partial charge on any atom is -0.492 e. The molecule has 39 heavy (non-hydrogen) atoms. The van der Waals surface area contributed by atoms with Crippen LogP contribution in [-0.4, -0.2) is 52.8 Å². The minimum atomic E-state index is -0.532. The van der Waals surface area contributed by atoms with Crippen LogP contribution in [0.25, 0.3) is 21.3 Å². The Morgan fingerprint density at radius 1 is 1.10 bits per heavy atom. The molecule has 1 aliphatic rings. The lowest BCUT2D eigenvalue weighted by Gasteiger charge is -2.19. The van der Waals surface area contributed by atoms with E-state index in [9.17, 15) is 4.79 Å². The number of nitrogens with one attached hydrogen (secondary N) is 2. The second kappa shape index (κ2) is 12.0. The Balaban J connectivity index is 1.23. The Morgan fingerprint density at radius 3 is 2.67 bits per heavy atom. The second-order valence-corrected chi connectivity index (χ2v) is 11.6. The number of benzene rings is 2. The van der Waals surface area contributed by atoms with E-state index in [4.69, 9.17) is 14.5 Å². The van der Waals surface area contributed by atoms with Gasteiger partial charge in [0.25, 0.3) is 0 Å². The van der Waals surface area contributed by atoms with Crippen LogP contribution in [0.3, 0.4) is 0 Å². The molecule has 0 unspecified atom stereocenters. The van der Waals surface area contributed by atoms with E-state index in [1.54, 1.807) is 11.3 Å². The van der Waals surface area contributed by atoms with Crippen LogP contribution in [0, 0.1) is 0 Å². The summed E-state index contributed by atoms with van der Waals surface area (Å²) in [4.78, 5) is 23.8. The van der Waals surface area contributed by atoms with Gasteiger partial charge in [-0.1, -0.05) is 18.2 Å². The average molecular weight is 546 g/mol. The Labute approximate surface area is 233 Å². The number of rotatable bonds is 9. The molecule has 5 rings (SSSR count). The fourth-order valence-corrected chi connectivity index (χ4v) is 5.37. The zero-order valence-corrected chi connectivity index (χ0v) is 23.5. The van der Waals surface area contributed by atoms with Gasteiger partial charge in [0.1, 0.15) is 18.0 Å². The van der Waals surface area contributed by atoms with E-state index in [-0.39, 0.29) is 0 Å². The number of hydrogen-bond donors (Lipinski definition) is 2. The van der Waals surface area contributed by atoms with Crippen LogP contribution in [0.4, 0.5) is 16.4 Å². The number of carbonyl (C=O) groups is 1. The molecule has 0 spiro atoms. The second-order valence-electron chi connectivity index (χ2n) is 10.7. The number of fused-ring (bicyclic) bond motifs is 1. The number of hydrogen-bond acceptors (Lipinski definition) is 8. The fourth-order valence-electron chi connectivity index (χ4n) is 4.49. The van der Waals surface area contributed by atoms with Gasteiger partial charge >= 0.3 is 6.09 Å². The summed E-state index contributed by atoms with van der Waals surface area (Å²) >= 11 is 1.61. The van der Waals surface area contributed by atoms with Crippen LogP contribution in [0.5, 0.6) is 5.75 Å². The van der Waals surface area contributed by atoms with Gasteiger partial charge < -0.3 is 20.1 Å². The molecule has 8 nitrogen and oxygen atoms in total. The minimum absolute atomic E-state index is 0.380. The first-order valence-corrected chi connectivity index (χ1v) is 14.2. The molecule has 0 saturated carbocycles. The number of likely N-dealkylation sites (tertiary alicyclic amines) is 1. The van der Waals surface area contributed by atoms with E-state index >= 15 is 0 Å². The molecule has 0 radical (unpaired) electrons. The summed E-state index contributed by atoms with van der Waals surface area (Å²) in [5.41, 5.74) is 4.29. The molecule has 0 aliphatic carbocycles. The smallest absolute Gasteiger partial charge is 0.407 e. The lowest BCUT2D eigenvalue weighted by atomic mass is 10.0. The number of nitrogens with zero attached hydrogens (tertiary/aromatic N) is 3. The van der Waals surface area contributed by atoms with Crippen LogP contribution in [0.15, 0.2) is 60.1 Å². The van der Waals surface area contributed by atoms with Gasteiger partial charge in [-0.25, -0.2) is 14.8 Å². The molecular weight excluding hydrogens is 510 g/mol. The maximum Gasteiger partial charge on any atom is 0.407 e. The monoisotopic (exact) mass is 545 g/mol. The van der Waals surface area contributed by atoms with Crippen molar-refractivity contribution in [3.8, 4) is 16.9 Å². The van der Waals surface area contributed by atoms with Gasteiger partial charge in [0.2, 0.25) is 5.95 Å². The summed E-state index contributed by atoms with van der Waals surface area (Å²) in [6.45, 7) is 9.95. The third-order valence-corrected chi connectivity index (χ3v) is 7.28. The average Bonchev–Trinajstić information content (AvgIpc) is 3.58. The van der Waals surface area contributed by atoms with Gasteiger partial charge in [0.15, 0.2) is 0 Å². The highest BCUT2D eigenvalue weighted by molar-refractivity contribution is 7.17. The zero-order chi connectivity index (χ0) is 27.2. The number of carbonyl (C=O) groups excluding carboxylic acids is 1. The van der Waals surface area contributed by atoms with E-state index < -0.39 is 11.7 Å². The topological polar surface area (TPSA) is 88.6 Å². The predicted octanol–water partition coefficient (Wildman–Crippen LogP) is 6.60. The van der Waals surface area contributed by atoms with Gasteiger partial charge in [-0.2, -0.15) is 0 Å². The first-order valence-electron chi connectivity index (χ1n) is 13.3. The first-order chi connectivity index (χ1) is 18.8. The van der Waals surface area contributed by atoms with E-state index in [0.29, 0.717) is 19.1 Å². The Morgan fingerprint density at radius 2 is 1.90 bits per heavy atom. The molecule has 1 amide bonds. The largest absolute Gasteiger partial charge is 0.492 e. The third kappa shape index (κ3) is 7.46. The quantitative estimate of drug-likeness (QED) is 0.245. The van der Waals surface area contributed by atoms with Crippen molar-refractivity contribution in [3.05, 3.63) is 65.7 Å². The highest BCUT2D eigenvalue weighted by Crippen LogP contribution is 2.33. The number of anilines is 2. The molecule has 3 heterocycles. The Bertz CT molecular complexity index is 1410. The number of alkyl carbamates (subject to hydrolysis) is 1.